The summed E-state index contributed by atoms with van der Waals surface area (Å²) in [5.41, 5.74) is 1.28. The predicted octanol–water partition coefficient (Wildman–Crippen LogP) is 2.42. The first-order chi connectivity index (χ1) is 11.2. The van der Waals surface area contributed by atoms with Crippen LogP contribution < -0.4 is 10.9 Å². The number of nitrogens with zero attached hydrogens (tertiary/aromatic N) is 3. The highest BCUT2D eigenvalue weighted by molar-refractivity contribution is 8.00. The Morgan fingerprint density at radius 1 is 1.35 bits per heavy atom. The van der Waals surface area contributed by atoms with Crippen molar-refractivity contribution >= 4 is 28.7 Å². The fraction of sp³-hybridized carbons (Fsp3) is 0.312. The van der Waals surface area contributed by atoms with Crippen molar-refractivity contribution in [2.45, 2.75) is 17.6 Å². The van der Waals surface area contributed by atoms with Gasteiger partial charge in [-0.15, -0.1) is 0 Å². The number of para-hydroxylation sites is 1. The summed E-state index contributed by atoms with van der Waals surface area (Å²) in [5, 5.41) is 8.07. The van der Waals surface area contributed by atoms with Crippen LogP contribution in [0.5, 0.6) is 0 Å². The second kappa shape index (κ2) is 5.42. The first kappa shape index (κ1) is 14.3. The Balaban J connectivity index is 1.72. The molecule has 2 aromatic heterocycles. The lowest BCUT2D eigenvalue weighted by Crippen LogP contribution is -2.21. The fourth-order valence-corrected chi connectivity index (χ4v) is 3.32. The lowest BCUT2D eigenvalue weighted by molar-refractivity contribution is 0.888. The van der Waals surface area contributed by atoms with Gasteiger partial charge in [-0.1, -0.05) is 18.2 Å². The average Bonchev–Trinajstić information content (AvgIpc) is 3.24. The van der Waals surface area contributed by atoms with E-state index in [2.05, 4.69) is 26.6 Å². The van der Waals surface area contributed by atoms with Gasteiger partial charge in [0.15, 0.2) is 5.65 Å². The van der Waals surface area contributed by atoms with Gasteiger partial charge in [0.25, 0.3) is 5.56 Å². The van der Waals surface area contributed by atoms with Crippen LogP contribution >= 0.6 is 11.8 Å². The van der Waals surface area contributed by atoms with Gasteiger partial charge in [-0.2, -0.15) is 21.8 Å². The van der Waals surface area contributed by atoms with E-state index < -0.39 is 0 Å². The predicted molar refractivity (Wildman–Crippen MR) is 93.5 cm³/mol. The van der Waals surface area contributed by atoms with Crippen LogP contribution in [-0.4, -0.2) is 37.3 Å². The van der Waals surface area contributed by atoms with Crippen molar-refractivity contribution in [3.63, 3.8) is 0 Å². The largest absolute Gasteiger partial charge is 0.354 e. The molecule has 0 atom stereocenters. The Morgan fingerprint density at radius 3 is 2.83 bits per heavy atom. The Hall–Kier alpha value is -2.28. The maximum absolute atomic E-state index is 12.3. The van der Waals surface area contributed by atoms with Gasteiger partial charge in [0.05, 0.1) is 11.9 Å². The summed E-state index contributed by atoms with van der Waals surface area (Å²) in [6.07, 6.45) is 6.09. The third kappa shape index (κ3) is 2.61. The van der Waals surface area contributed by atoms with E-state index in [1.165, 1.54) is 12.8 Å². The number of hydrogen-bond donors (Lipinski definition) is 2. The van der Waals surface area contributed by atoms with Crippen molar-refractivity contribution in [2.75, 3.05) is 18.1 Å². The minimum Gasteiger partial charge on any atom is -0.354 e. The minimum atomic E-state index is -0.173. The summed E-state index contributed by atoms with van der Waals surface area (Å²) in [4.78, 5) is 19.6. The Bertz CT molecular complexity index is 898. The highest BCUT2D eigenvalue weighted by atomic mass is 32.2. The molecule has 2 heterocycles. The van der Waals surface area contributed by atoms with E-state index in [0.29, 0.717) is 21.7 Å². The Labute approximate surface area is 137 Å². The highest BCUT2D eigenvalue weighted by Crippen LogP contribution is 2.46. The molecule has 0 unspecified atom stereocenters. The summed E-state index contributed by atoms with van der Waals surface area (Å²) in [7, 11) is 0. The van der Waals surface area contributed by atoms with Crippen molar-refractivity contribution < 1.29 is 0 Å². The molecule has 1 aliphatic carbocycles. The lowest BCUT2D eigenvalue weighted by atomic mass is 10.3. The Kier molecular flexibility index (Phi) is 3.37. The first-order valence-corrected chi connectivity index (χ1v) is 8.76. The molecule has 4 rings (SSSR count). The van der Waals surface area contributed by atoms with Crippen LogP contribution in [0.4, 0.5) is 5.95 Å². The summed E-state index contributed by atoms with van der Waals surface area (Å²) in [6.45, 7) is 0.808. The molecule has 118 valence electrons. The number of benzene rings is 1. The molecular weight excluding hydrogens is 310 g/mol. The summed E-state index contributed by atoms with van der Waals surface area (Å²) in [6, 6.07) is 9.69. The third-order valence-electron chi connectivity index (χ3n) is 4.26. The molecule has 0 aliphatic heterocycles. The van der Waals surface area contributed by atoms with Crippen molar-refractivity contribution in [3.8, 4) is 5.69 Å². The van der Waals surface area contributed by atoms with Gasteiger partial charge in [-0.25, -0.2) is 4.68 Å². The van der Waals surface area contributed by atoms with Crippen molar-refractivity contribution in [3.05, 3.63) is 46.9 Å². The van der Waals surface area contributed by atoms with Gasteiger partial charge in [0.1, 0.15) is 5.39 Å². The van der Waals surface area contributed by atoms with E-state index in [0.717, 1.165) is 12.2 Å². The van der Waals surface area contributed by atoms with Crippen molar-refractivity contribution in [2.24, 2.45) is 0 Å². The number of rotatable bonds is 5. The highest BCUT2D eigenvalue weighted by Gasteiger charge is 2.41. The Morgan fingerprint density at radius 2 is 2.13 bits per heavy atom. The molecular formula is C16H17N5OS. The average molecular weight is 327 g/mol. The lowest BCUT2D eigenvalue weighted by Gasteiger charge is -2.13. The zero-order valence-corrected chi connectivity index (χ0v) is 13.6. The number of aromatic amines is 1. The van der Waals surface area contributed by atoms with E-state index in [9.17, 15) is 4.79 Å². The van der Waals surface area contributed by atoms with Gasteiger partial charge in [0, 0.05) is 11.3 Å². The van der Waals surface area contributed by atoms with E-state index in [4.69, 9.17) is 0 Å². The molecule has 0 spiro atoms. The first-order valence-electron chi connectivity index (χ1n) is 7.53. The van der Waals surface area contributed by atoms with Gasteiger partial charge < -0.3 is 5.32 Å². The molecule has 0 saturated heterocycles. The smallest absolute Gasteiger partial charge is 0.263 e. The standard InChI is InChI=1S/C16H17N5OS/c1-23-16(7-8-16)10-17-15-19-13-12(14(22)20-15)9-18-21(13)11-5-3-2-4-6-11/h2-6,9H,7-8,10H2,1H3,(H2,17,19,20,22). The molecule has 1 aliphatic rings. The normalized spacial score (nSPS) is 15.7. The van der Waals surface area contributed by atoms with Crippen LogP contribution in [0, 0.1) is 0 Å². The zero-order chi connectivity index (χ0) is 15.9. The summed E-state index contributed by atoms with van der Waals surface area (Å²) < 4.78 is 1.99. The monoisotopic (exact) mass is 327 g/mol. The zero-order valence-electron chi connectivity index (χ0n) is 12.7. The fourth-order valence-electron chi connectivity index (χ4n) is 2.60. The van der Waals surface area contributed by atoms with E-state index in [1.54, 1.807) is 10.9 Å². The van der Waals surface area contributed by atoms with Crippen LogP contribution in [-0.2, 0) is 0 Å². The van der Waals surface area contributed by atoms with Crippen LogP contribution in [0.15, 0.2) is 41.3 Å². The number of nitrogens with one attached hydrogen (secondary N) is 2. The van der Waals surface area contributed by atoms with Gasteiger partial charge >= 0.3 is 0 Å². The van der Waals surface area contributed by atoms with E-state index in [-0.39, 0.29) is 5.56 Å². The molecule has 0 bridgehead atoms. The quantitative estimate of drug-likeness (QED) is 0.753. The number of aromatic nitrogens is 4. The number of H-pyrrole nitrogens is 1. The SMILES string of the molecule is CSC1(CNc2nc3c(cnn3-c3ccccc3)c(=O)[nH]2)CC1. The number of fused-ring (bicyclic) bond motifs is 1. The molecule has 2 N–H and O–H groups in total. The topological polar surface area (TPSA) is 75.6 Å². The van der Waals surface area contributed by atoms with Crippen LogP contribution in [0.3, 0.4) is 0 Å². The van der Waals surface area contributed by atoms with Crippen LogP contribution in [0.2, 0.25) is 0 Å². The molecule has 3 aromatic rings. The summed E-state index contributed by atoms with van der Waals surface area (Å²) >= 11 is 1.87. The minimum absolute atomic E-state index is 0.173. The number of thioether (sulfide) groups is 1. The molecule has 1 fully saturated rings. The van der Waals surface area contributed by atoms with Crippen molar-refractivity contribution in [1.29, 1.82) is 0 Å². The van der Waals surface area contributed by atoms with Gasteiger partial charge in [-0.05, 0) is 31.2 Å². The van der Waals surface area contributed by atoms with Gasteiger partial charge in [-0.3, -0.25) is 9.78 Å². The molecule has 1 saturated carbocycles. The maximum atomic E-state index is 12.3. The molecule has 6 nitrogen and oxygen atoms in total. The molecule has 23 heavy (non-hydrogen) atoms. The number of hydrogen-bond acceptors (Lipinski definition) is 5. The molecule has 0 radical (unpaired) electrons. The van der Waals surface area contributed by atoms with Crippen LogP contribution in [0.1, 0.15) is 12.8 Å². The van der Waals surface area contributed by atoms with E-state index in [1.807, 2.05) is 42.1 Å². The number of anilines is 1. The molecule has 7 heteroatoms. The second-order valence-corrected chi connectivity index (χ2v) is 7.06. The second-order valence-electron chi connectivity index (χ2n) is 5.78. The third-order valence-corrected chi connectivity index (χ3v) is 5.68. The molecule has 1 aromatic carbocycles. The van der Waals surface area contributed by atoms with Gasteiger partial charge in [0.2, 0.25) is 5.95 Å². The molecule has 0 amide bonds. The van der Waals surface area contributed by atoms with E-state index >= 15 is 0 Å². The van der Waals surface area contributed by atoms with Crippen LogP contribution in [0.25, 0.3) is 16.7 Å². The summed E-state index contributed by atoms with van der Waals surface area (Å²) in [5.74, 6) is 0.500. The van der Waals surface area contributed by atoms with Crippen molar-refractivity contribution in [1.82, 2.24) is 19.7 Å². The maximum Gasteiger partial charge on any atom is 0.263 e.